The first kappa shape index (κ1) is 42.0. The van der Waals surface area contributed by atoms with E-state index in [-0.39, 0.29) is 34.4 Å². The number of carbonyl (C=O) groups excluding carboxylic acids is 3. The van der Waals surface area contributed by atoms with E-state index in [1.54, 1.807) is 0 Å². The molecule has 0 bridgehead atoms. The maximum absolute atomic E-state index is 15.4. The van der Waals surface area contributed by atoms with E-state index in [1.807, 2.05) is 24.3 Å². The van der Waals surface area contributed by atoms with Gasteiger partial charge in [-0.3, -0.25) is 14.4 Å². The molecule has 4 aromatic carbocycles. The van der Waals surface area contributed by atoms with Crippen LogP contribution in [0, 0.1) is 23.0 Å². The predicted molar refractivity (Wildman–Crippen MR) is 222 cm³/mol. The largest absolute Gasteiger partial charge is 0.417 e. The number of halogens is 5. The van der Waals surface area contributed by atoms with Crippen LogP contribution in [-0.2, 0) is 23.9 Å². The van der Waals surface area contributed by atoms with Crippen molar-refractivity contribution in [2.45, 2.75) is 57.8 Å². The average molecular weight is 842 g/mol. The topological polar surface area (TPSA) is 133 Å². The van der Waals surface area contributed by atoms with E-state index in [2.05, 4.69) is 20.9 Å². The van der Waals surface area contributed by atoms with Crippen LogP contribution in [0.4, 0.5) is 33.3 Å². The van der Waals surface area contributed by atoms with Gasteiger partial charge in [-0.25, -0.2) is 8.78 Å². The van der Waals surface area contributed by atoms with Crippen LogP contribution in [0.2, 0.25) is 0 Å². The number of nitrogens with one attached hydrogen (secondary N) is 4. The Labute approximate surface area is 347 Å². The fraction of sp³-hybridized carbons (Fsp3) is 0.295. The zero-order chi connectivity index (χ0) is 42.9. The summed E-state index contributed by atoms with van der Waals surface area (Å²) in [6.07, 6.45) is -1.87. The van der Waals surface area contributed by atoms with Gasteiger partial charge in [0.05, 0.1) is 34.9 Å². The Morgan fingerprint density at radius 2 is 1.68 bits per heavy atom. The second-order valence-electron chi connectivity index (χ2n) is 15.2. The summed E-state index contributed by atoms with van der Waals surface area (Å²) >= 11 is 5.59. The summed E-state index contributed by atoms with van der Waals surface area (Å²) in [5.41, 5.74) is 1.54. The number of nitrogens with zero attached hydrogens (tertiary/aromatic N) is 3. The van der Waals surface area contributed by atoms with Gasteiger partial charge in [-0.05, 0) is 105 Å². The molecule has 0 saturated carbocycles. The van der Waals surface area contributed by atoms with Crippen molar-refractivity contribution in [3.05, 3.63) is 118 Å². The quantitative estimate of drug-likeness (QED) is 0.0570. The summed E-state index contributed by atoms with van der Waals surface area (Å²) in [6, 6.07) is 19.1. The van der Waals surface area contributed by atoms with Crippen molar-refractivity contribution >= 4 is 57.2 Å². The van der Waals surface area contributed by atoms with Crippen LogP contribution < -0.4 is 25.8 Å². The molecule has 16 heteroatoms. The first-order valence-corrected chi connectivity index (χ1v) is 19.8. The van der Waals surface area contributed by atoms with Crippen molar-refractivity contribution in [1.29, 1.82) is 5.26 Å². The fourth-order valence-electron chi connectivity index (χ4n) is 7.86. The molecule has 310 valence electrons. The predicted octanol–water partition coefficient (Wildman–Crippen LogP) is 7.94. The Balaban J connectivity index is 0.869. The van der Waals surface area contributed by atoms with E-state index in [1.165, 1.54) is 55.1 Å². The molecule has 60 heavy (non-hydrogen) atoms. The average Bonchev–Trinajstić information content (AvgIpc) is 3.48. The number of benzene rings is 4. The van der Waals surface area contributed by atoms with E-state index in [0.29, 0.717) is 43.6 Å². The van der Waals surface area contributed by atoms with Crippen LogP contribution in [0.3, 0.4) is 0 Å². The second kappa shape index (κ2) is 16.8. The van der Waals surface area contributed by atoms with Crippen LogP contribution >= 0.6 is 12.2 Å². The molecule has 4 N–H and O–H groups in total. The minimum atomic E-state index is -4.82. The molecule has 3 heterocycles. The van der Waals surface area contributed by atoms with Gasteiger partial charge in [0.1, 0.15) is 22.2 Å². The number of aromatic amines is 1. The van der Waals surface area contributed by atoms with Crippen molar-refractivity contribution in [2.24, 2.45) is 0 Å². The Morgan fingerprint density at radius 3 is 2.40 bits per heavy atom. The molecule has 1 fully saturated rings. The maximum atomic E-state index is 15.4. The highest BCUT2D eigenvalue weighted by Gasteiger charge is 2.46. The number of H-pyrrole nitrogens is 1. The highest BCUT2D eigenvalue weighted by atomic mass is 32.1. The monoisotopic (exact) mass is 841 g/mol. The summed E-state index contributed by atoms with van der Waals surface area (Å²) in [4.78, 5) is 45.1. The molecule has 3 amide bonds. The summed E-state index contributed by atoms with van der Waals surface area (Å²) in [7, 11) is 0. The first-order valence-electron chi connectivity index (χ1n) is 19.3. The van der Waals surface area contributed by atoms with Gasteiger partial charge in [0.15, 0.2) is 0 Å². The molecule has 7 rings (SSSR count). The maximum Gasteiger partial charge on any atom is 0.417 e. The van der Waals surface area contributed by atoms with Crippen LogP contribution in [0.25, 0.3) is 22.2 Å². The van der Waals surface area contributed by atoms with Crippen LogP contribution in [-0.4, -0.2) is 59.4 Å². The summed E-state index contributed by atoms with van der Waals surface area (Å²) in [6.45, 7) is 4.94. The van der Waals surface area contributed by atoms with E-state index in [4.69, 9.17) is 17.5 Å². The van der Waals surface area contributed by atoms with Gasteiger partial charge in [-0.2, -0.15) is 18.4 Å². The van der Waals surface area contributed by atoms with Crippen LogP contribution in [0.5, 0.6) is 0 Å². The number of anilines is 2. The number of hydrogen-bond donors (Lipinski definition) is 4. The van der Waals surface area contributed by atoms with E-state index >= 15 is 4.39 Å². The van der Waals surface area contributed by atoms with Crippen molar-refractivity contribution in [2.75, 3.05) is 36.0 Å². The molecular weight excluding hydrogens is 802 g/mol. The molecule has 0 aliphatic carbocycles. The molecule has 2 aliphatic rings. The SMILES string of the molecule is CC1(C)C(=O)N(c2ccc(C#N)c(C(F)(F)F)c2)CC(=S)N1c1ccc(C(=O)NCCCCCNCc2ccc(-c3[nH]c4cc(F)cc5c4c3CCNC5=O)cc2)c(F)c1. The summed E-state index contributed by atoms with van der Waals surface area (Å²) in [5, 5.41) is 18.9. The normalized spacial score (nSPS) is 15.2. The minimum absolute atomic E-state index is 0.0838. The number of carbonyl (C=O) groups is 3. The highest BCUT2D eigenvalue weighted by Crippen LogP contribution is 2.38. The highest BCUT2D eigenvalue weighted by molar-refractivity contribution is 7.80. The van der Waals surface area contributed by atoms with Crippen molar-refractivity contribution in [1.82, 2.24) is 20.9 Å². The lowest BCUT2D eigenvalue weighted by Gasteiger charge is -2.47. The van der Waals surface area contributed by atoms with E-state index < -0.39 is 46.3 Å². The third-order valence-electron chi connectivity index (χ3n) is 10.8. The molecule has 5 aromatic rings. The lowest BCUT2D eigenvalue weighted by atomic mass is 9.95. The van der Waals surface area contributed by atoms with Gasteiger partial charge >= 0.3 is 6.18 Å². The van der Waals surface area contributed by atoms with Crippen molar-refractivity contribution in [3.63, 3.8) is 0 Å². The fourth-order valence-corrected chi connectivity index (χ4v) is 8.32. The molecule has 0 atom stereocenters. The zero-order valence-electron chi connectivity index (χ0n) is 32.7. The molecule has 0 radical (unpaired) electrons. The number of hydrogen-bond acceptors (Lipinski definition) is 6. The summed E-state index contributed by atoms with van der Waals surface area (Å²) < 4.78 is 70.6. The Hall–Kier alpha value is -6.18. The standard InChI is InChI=1S/C44H40F5N7O3S/c1-43(2)42(59)55(29-11-10-27(22-50)34(20-29)44(47,48)49)24-37(60)56(43)30-12-13-31(35(46)21-30)40(57)52-16-5-3-4-15-51-23-25-6-8-26(9-7-25)39-32-14-17-53-41(58)33-18-28(45)19-36(54-39)38(32)33/h6-13,18-21,51,54H,3-5,14-17,23-24H2,1-2H3,(H,52,57)(H,53,58). The first-order chi connectivity index (χ1) is 28.6. The van der Waals surface area contributed by atoms with Gasteiger partial charge in [0.25, 0.3) is 17.7 Å². The number of alkyl halides is 3. The Bertz CT molecular complexity index is 2560. The molecule has 0 spiro atoms. The minimum Gasteiger partial charge on any atom is -0.354 e. The molecule has 10 nitrogen and oxygen atoms in total. The van der Waals surface area contributed by atoms with Gasteiger partial charge in [0.2, 0.25) is 0 Å². The van der Waals surface area contributed by atoms with Crippen molar-refractivity contribution in [3.8, 4) is 17.3 Å². The Kier molecular flexibility index (Phi) is 11.8. The lowest BCUT2D eigenvalue weighted by Crippen LogP contribution is -2.65. The Morgan fingerprint density at radius 1 is 0.950 bits per heavy atom. The third-order valence-corrected chi connectivity index (χ3v) is 11.1. The van der Waals surface area contributed by atoms with Crippen LogP contribution in [0.15, 0.2) is 72.8 Å². The van der Waals surface area contributed by atoms with Crippen LogP contribution in [0.1, 0.15) is 76.1 Å². The molecule has 1 aromatic heterocycles. The number of rotatable bonds is 12. The lowest BCUT2D eigenvalue weighted by molar-refractivity contribution is -0.137. The molecule has 0 unspecified atom stereocenters. The van der Waals surface area contributed by atoms with Gasteiger partial charge in [-0.15, -0.1) is 0 Å². The van der Waals surface area contributed by atoms with E-state index in [9.17, 15) is 31.9 Å². The molecular formula is C44H40F5N7O3S. The second-order valence-corrected chi connectivity index (χ2v) is 15.7. The number of unbranched alkanes of at least 4 members (excludes halogenated alkanes) is 2. The number of aromatic nitrogens is 1. The number of thiocarbonyl (C=S) groups is 1. The third kappa shape index (κ3) is 8.32. The number of nitriles is 1. The van der Waals surface area contributed by atoms with E-state index in [0.717, 1.165) is 70.3 Å². The summed E-state index contributed by atoms with van der Waals surface area (Å²) in [5.74, 6) is -2.78. The molecule has 2 aliphatic heterocycles. The smallest absolute Gasteiger partial charge is 0.354 e. The van der Waals surface area contributed by atoms with Crippen molar-refractivity contribution < 1.29 is 36.3 Å². The number of piperazine rings is 1. The van der Waals surface area contributed by atoms with Gasteiger partial charge in [0, 0.05) is 47.6 Å². The number of amides is 3. The zero-order valence-corrected chi connectivity index (χ0v) is 33.5. The molecule has 1 saturated heterocycles. The van der Waals surface area contributed by atoms with Gasteiger partial charge < -0.3 is 30.7 Å². The van der Waals surface area contributed by atoms with Gasteiger partial charge in [-0.1, -0.05) is 42.9 Å².